The number of sulfone groups is 1. The first kappa shape index (κ1) is 25.0. The van der Waals surface area contributed by atoms with Crippen LogP contribution in [-0.4, -0.2) is 19.7 Å². The van der Waals surface area contributed by atoms with Crippen LogP contribution in [0, 0.1) is 5.82 Å². The highest BCUT2D eigenvalue weighted by molar-refractivity contribution is 7.90. The summed E-state index contributed by atoms with van der Waals surface area (Å²) in [5.41, 5.74) is 2.30. The van der Waals surface area contributed by atoms with Gasteiger partial charge in [0.25, 0.3) is 0 Å². The molecule has 0 N–H and O–H groups in total. The van der Waals surface area contributed by atoms with Crippen molar-refractivity contribution in [2.75, 3.05) is 6.26 Å². The van der Waals surface area contributed by atoms with E-state index in [2.05, 4.69) is 6.58 Å². The summed E-state index contributed by atoms with van der Waals surface area (Å²) in [5.74, 6) is -0.462. The monoisotopic (exact) mass is 477 g/mol. The van der Waals surface area contributed by atoms with Gasteiger partial charge in [0.2, 0.25) is 0 Å². The van der Waals surface area contributed by atoms with Crippen molar-refractivity contribution in [3.05, 3.63) is 83.1 Å². The van der Waals surface area contributed by atoms with E-state index in [1.807, 2.05) is 32.9 Å². The maximum absolute atomic E-state index is 13.3. The van der Waals surface area contributed by atoms with E-state index in [-0.39, 0.29) is 16.6 Å². The van der Waals surface area contributed by atoms with E-state index in [0.29, 0.717) is 10.7 Å². The van der Waals surface area contributed by atoms with Gasteiger partial charge in [-0.2, -0.15) is 0 Å². The SMILES string of the molecule is C/C=C\C.C=C(Cl)C(C)c1nc(-c2ccc(F)cc2)c(-c2ccc(S(C)(=O)=O)cc2)s1. The van der Waals surface area contributed by atoms with Crippen molar-refractivity contribution in [3.8, 4) is 21.7 Å². The molecule has 0 aliphatic rings. The van der Waals surface area contributed by atoms with Crippen LogP contribution in [0.25, 0.3) is 21.7 Å². The van der Waals surface area contributed by atoms with Gasteiger partial charge in [-0.3, -0.25) is 0 Å². The molecule has 0 saturated carbocycles. The van der Waals surface area contributed by atoms with Crippen molar-refractivity contribution < 1.29 is 12.8 Å². The third-order valence-corrected chi connectivity index (χ3v) is 7.22. The van der Waals surface area contributed by atoms with Gasteiger partial charge in [-0.1, -0.05) is 49.4 Å². The van der Waals surface area contributed by atoms with Crippen molar-refractivity contribution in [1.29, 1.82) is 0 Å². The summed E-state index contributed by atoms with van der Waals surface area (Å²) in [7, 11) is -3.27. The van der Waals surface area contributed by atoms with Gasteiger partial charge in [-0.15, -0.1) is 11.3 Å². The molecule has 1 aromatic heterocycles. The molecule has 1 unspecified atom stereocenters. The molecule has 0 aliphatic heterocycles. The zero-order chi connectivity index (χ0) is 23.2. The quantitative estimate of drug-likeness (QED) is 0.358. The topological polar surface area (TPSA) is 47.0 Å². The average Bonchev–Trinajstić information content (AvgIpc) is 3.18. The van der Waals surface area contributed by atoms with Gasteiger partial charge in [0.1, 0.15) is 10.8 Å². The molecule has 3 aromatic rings. The Kier molecular flexibility index (Phi) is 8.74. The van der Waals surface area contributed by atoms with Crippen molar-refractivity contribution in [2.24, 2.45) is 0 Å². The Hall–Kier alpha value is -2.28. The molecule has 0 amide bonds. The predicted octanol–water partition coefficient (Wildman–Crippen LogP) is 7.46. The number of hydrogen-bond donors (Lipinski definition) is 0. The van der Waals surface area contributed by atoms with E-state index in [1.54, 1.807) is 36.4 Å². The summed E-state index contributed by atoms with van der Waals surface area (Å²) in [4.78, 5) is 5.83. The van der Waals surface area contributed by atoms with Crippen LogP contribution in [0.3, 0.4) is 0 Å². The first-order valence-corrected chi connectivity index (χ1v) is 12.7. The van der Waals surface area contributed by atoms with Crippen molar-refractivity contribution >= 4 is 32.8 Å². The first-order chi connectivity index (χ1) is 14.6. The number of rotatable bonds is 5. The summed E-state index contributed by atoms with van der Waals surface area (Å²) in [5, 5.41) is 1.27. The number of hydrogen-bond acceptors (Lipinski definition) is 4. The number of aromatic nitrogens is 1. The summed E-state index contributed by atoms with van der Waals surface area (Å²) >= 11 is 7.53. The summed E-state index contributed by atoms with van der Waals surface area (Å²) < 4.78 is 36.7. The second-order valence-electron chi connectivity index (χ2n) is 6.87. The molecule has 3 rings (SSSR count). The number of thiazole rings is 1. The molecule has 0 bridgehead atoms. The highest BCUT2D eigenvalue weighted by atomic mass is 35.5. The fourth-order valence-corrected chi connectivity index (χ4v) is 4.49. The van der Waals surface area contributed by atoms with Gasteiger partial charge in [-0.25, -0.2) is 17.8 Å². The molecule has 0 fully saturated rings. The van der Waals surface area contributed by atoms with Gasteiger partial charge in [0.05, 0.1) is 15.5 Å². The van der Waals surface area contributed by atoms with Crippen LogP contribution in [0.5, 0.6) is 0 Å². The minimum atomic E-state index is -3.27. The normalized spacial score (nSPS) is 12.3. The van der Waals surface area contributed by atoms with Crippen LogP contribution in [0.1, 0.15) is 31.7 Å². The third-order valence-electron chi connectivity index (χ3n) is 4.48. The molecule has 164 valence electrons. The van der Waals surface area contributed by atoms with E-state index < -0.39 is 9.84 Å². The lowest BCUT2D eigenvalue weighted by molar-refractivity contribution is 0.602. The number of allylic oxidation sites excluding steroid dienone is 3. The lowest BCUT2D eigenvalue weighted by Gasteiger charge is -2.04. The Morgan fingerprint density at radius 3 is 2.03 bits per heavy atom. The molecular weight excluding hydrogens is 453 g/mol. The molecule has 1 heterocycles. The molecule has 1 atom stereocenters. The lowest BCUT2D eigenvalue weighted by Crippen LogP contribution is -1.96. The summed E-state index contributed by atoms with van der Waals surface area (Å²) in [6.45, 7) is 9.70. The number of benzene rings is 2. The molecule has 0 aliphatic carbocycles. The van der Waals surface area contributed by atoms with Crippen molar-refractivity contribution in [2.45, 2.75) is 31.6 Å². The van der Waals surface area contributed by atoms with Crippen LogP contribution in [0.15, 0.2) is 77.2 Å². The van der Waals surface area contributed by atoms with Gasteiger partial charge in [0.15, 0.2) is 9.84 Å². The molecule has 0 radical (unpaired) electrons. The maximum atomic E-state index is 13.3. The number of halogens is 2. The Balaban J connectivity index is 0.000000785. The molecular formula is C24H25ClFNO2S2. The van der Waals surface area contributed by atoms with Gasteiger partial charge in [0, 0.05) is 22.8 Å². The average molecular weight is 478 g/mol. The highest BCUT2D eigenvalue weighted by Gasteiger charge is 2.20. The van der Waals surface area contributed by atoms with E-state index in [1.165, 1.54) is 29.7 Å². The first-order valence-electron chi connectivity index (χ1n) is 9.57. The van der Waals surface area contributed by atoms with Crippen LogP contribution < -0.4 is 0 Å². The standard InChI is InChI=1S/C20H17ClFNO2S2.C4H8/c1-12(13(2)21)20-23-18(14-4-8-16(22)9-5-14)19(26-20)15-6-10-17(11-7-15)27(3,24)25;1-3-4-2/h4-12H,2H2,1,3H3;3-4H,1-2H3/b;4-3-. The van der Waals surface area contributed by atoms with E-state index >= 15 is 0 Å². The minimum Gasteiger partial charge on any atom is -0.240 e. The van der Waals surface area contributed by atoms with Crippen molar-refractivity contribution in [3.63, 3.8) is 0 Å². The van der Waals surface area contributed by atoms with E-state index in [4.69, 9.17) is 16.6 Å². The Morgan fingerprint density at radius 1 is 1.06 bits per heavy atom. The minimum absolute atomic E-state index is 0.139. The Labute approximate surface area is 192 Å². The molecule has 7 heteroatoms. The van der Waals surface area contributed by atoms with Crippen LogP contribution in [-0.2, 0) is 9.84 Å². The third kappa shape index (κ3) is 6.60. The Bertz CT molecular complexity index is 1160. The van der Waals surface area contributed by atoms with Crippen LogP contribution in [0.4, 0.5) is 4.39 Å². The van der Waals surface area contributed by atoms with Crippen LogP contribution in [0.2, 0.25) is 0 Å². The second-order valence-corrected chi connectivity index (χ2v) is 10.4. The molecule has 2 aromatic carbocycles. The van der Waals surface area contributed by atoms with Crippen LogP contribution >= 0.6 is 22.9 Å². The molecule has 31 heavy (non-hydrogen) atoms. The zero-order valence-electron chi connectivity index (χ0n) is 17.9. The smallest absolute Gasteiger partial charge is 0.175 e. The number of nitrogens with zero attached hydrogens (tertiary/aromatic N) is 1. The van der Waals surface area contributed by atoms with E-state index in [9.17, 15) is 12.8 Å². The molecule has 3 nitrogen and oxygen atoms in total. The zero-order valence-corrected chi connectivity index (χ0v) is 20.3. The van der Waals surface area contributed by atoms with Gasteiger partial charge < -0.3 is 0 Å². The van der Waals surface area contributed by atoms with E-state index in [0.717, 1.165) is 21.0 Å². The Morgan fingerprint density at radius 2 is 1.58 bits per heavy atom. The van der Waals surface area contributed by atoms with Gasteiger partial charge >= 0.3 is 0 Å². The lowest BCUT2D eigenvalue weighted by atomic mass is 10.1. The van der Waals surface area contributed by atoms with Crippen molar-refractivity contribution in [1.82, 2.24) is 4.98 Å². The maximum Gasteiger partial charge on any atom is 0.175 e. The predicted molar refractivity (Wildman–Crippen MR) is 130 cm³/mol. The summed E-state index contributed by atoms with van der Waals surface area (Å²) in [6.07, 6.45) is 5.17. The molecule has 0 spiro atoms. The fraction of sp³-hybridized carbons (Fsp3) is 0.208. The molecule has 0 saturated heterocycles. The highest BCUT2D eigenvalue weighted by Crippen LogP contribution is 2.41. The summed E-state index contributed by atoms with van der Waals surface area (Å²) in [6, 6.07) is 12.8. The largest absolute Gasteiger partial charge is 0.240 e. The fourth-order valence-electron chi connectivity index (χ4n) is 2.51. The second kappa shape index (κ2) is 10.8. The van der Waals surface area contributed by atoms with Gasteiger partial charge in [-0.05, 0) is 55.8 Å².